The quantitative estimate of drug-likeness (QED) is 0.878. The first-order valence-electron chi connectivity index (χ1n) is 6.54. The zero-order valence-corrected chi connectivity index (χ0v) is 12.0. The van der Waals surface area contributed by atoms with Crippen molar-refractivity contribution in [3.8, 4) is 0 Å². The molecule has 0 spiro atoms. The van der Waals surface area contributed by atoms with E-state index >= 15 is 0 Å². The van der Waals surface area contributed by atoms with Crippen molar-refractivity contribution in [2.24, 2.45) is 0 Å². The molecule has 0 aliphatic carbocycles. The van der Waals surface area contributed by atoms with Crippen LogP contribution in [0, 0.1) is 6.92 Å². The zero-order chi connectivity index (χ0) is 14.3. The second-order valence-electron chi connectivity index (χ2n) is 5.35. The fourth-order valence-electron chi connectivity index (χ4n) is 2.54. The topological polar surface area (TPSA) is 79.0 Å². The molecule has 0 saturated carbocycles. The number of carbonyl (C=O) groups is 1. The number of rotatable bonds is 2. The number of sulfone groups is 1. The summed E-state index contributed by atoms with van der Waals surface area (Å²) in [7, 11) is -2.98. The smallest absolute Gasteiger partial charge is 0.267 e. The van der Waals surface area contributed by atoms with E-state index in [9.17, 15) is 13.2 Å². The molecule has 1 fully saturated rings. The Morgan fingerprint density at radius 1 is 1.35 bits per heavy atom. The molecule has 20 heavy (non-hydrogen) atoms. The highest BCUT2D eigenvalue weighted by atomic mass is 32.2. The number of carbonyl (C=O) groups excluding carboxylic acids is 1. The second-order valence-corrected chi connectivity index (χ2v) is 7.58. The van der Waals surface area contributed by atoms with E-state index in [-0.39, 0.29) is 23.5 Å². The molecule has 2 aromatic rings. The van der Waals surface area contributed by atoms with E-state index in [0.29, 0.717) is 12.1 Å². The van der Waals surface area contributed by atoms with Crippen molar-refractivity contribution in [1.29, 1.82) is 0 Å². The monoisotopic (exact) mass is 292 g/mol. The maximum Gasteiger partial charge on any atom is 0.267 e. The van der Waals surface area contributed by atoms with Crippen molar-refractivity contribution in [3.05, 3.63) is 35.5 Å². The molecule has 1 aromatic heterocycles. The van der Waals surface area contributed by atoms with Gasteiger partial charge in [-0.15, -0.1) is 0 Å². The largest absolute Gasteiger partial charge is 0.351 e. The summed E-state index contributed by atoms with van der Waals surface area (Å²) in [4.78, 5) is 15.2. The predicted molar refractivity (Wildman–Crippen MR) is 77.6 cm³/mol. The number of H-pyrrole nitrogens is 1. The van der Waals surface area contributed by atoms with Crippen molar-refractivity contribution in [3.63, 3.8) is 0 Å². The molecule has 0 bridgehead atoms. The van der Waals surface area contributed by atoms with Gasteiger partial charge >= 0.3 is 0 Å². The van der Waals surface area contributed by atoms with Gasteiger partial charge < -0.3 is 10.3 Å². The summed E-state index contributed by atoms with van der Waals surface area (Å²) in [6.45, 7) is 1.99. The highest BCUT2D eigenvalue weighted by Crippen LogP contribution is 2.18. The Morgan fingerprint density at radius 2 is 2.15 bits per heavy atom. The number of benzene rings is 1. The summed E-state index contributed by atoms with van der Waals surface area (Å²) in [5, 5.41) is 3.75. The molecule has 5 nitrogen and oxygen atoms in total. The molecule has 3 rings (SSSR count). The molecule has 2 N–H and O–H groups in total. The number of amides is 1. The highest BCUT2D eigenvalue weighted by Gasteiger charge is 2.29. The van der Waals surface area contributed by atoms with Crippen LogP contribution in [0.3, 0.4) is 0 Å². The minimum Gasteiger partial charge on any atom is -0.351 e. The minimum atomic E-state index is -2.98. The van der Waals surface area contributed by atoms with Gasteiger partial charge in [-0.25, -0.2) is 8.42 Å². The van der Waals surface area contributed by atoms with Crippen LogP contribution in [0.2, 0.25) is 0 Å². The van der Waals surface area contributed by atoms with Crippen LogP contribution in [0.1, 0.15) is 22.5 Å². The fraction of sp³-hybridized carbons (Fsp3) is 0.357. The van der Waals surface area contributed by atoms with Crippen LogP contribution < -0.4 is 5.32 Å². The summed E-state index contributed by atoms with van der Waals surface area (Å²) in [5.41, 5.74) is 2.50. The third kappa shape index (κ3) is 2.56. The Labute approximate surface area is 117 Å². The molecule has 2 heterocycles. The van der Waals surface area contributed by atoms with E-state index in [1.54, 1.807) is 6.07 Å². The third-order valence-electron chi connectivity index (χ3n) is 3.59. The van der Waals surface area contributed by atoms with Crippen LogP contribution in [0.15, 0.2) is 24.3 Å². The number of hydrogen-bond donors (Lipinski definition) is 2. The molecule has 106 valence electrons. The van der Waals surface area contributed by atoms with Gasteiger partial charge in [-0.2, -0.15) is 0 Å². The lowest BCUT2D eigenvalue weighted by Gasteiger charge is -2.09. The van der Waals surface area contributed by atoms with Gasteiger partial charge in [-0.1, -0.05) is 12.1 Å². The SMILES string of the molecule is Cc1ccc2cc(C(=O)N[C@H]3CCS(=O)(=O)C3)[nH]c2c1. The summed E-state index contributed by atoms with van der Waals surface area (Å²) in [6, 6.07) is 7.43. The Hall–Kier alpha value is -1.82. The number of aryl methyl sites for hydroxylation is 1. The van der Waals surface area contributed by atoms with Gasteiger partial charge in [0.1, 0.15) is 5.69 Å². The van der Waals surface area contributed by atoms with Crippen LogP contribution >= 0.6 is 0 Å². The van der Waals surface area contributed by atoms with Gasteiger partial charge in [0.15, 0.2) is 9.84 Å². The first kappa shape index (κ1) is 13.2. The molecular formula is C14H16N2O3S. The standard InChI is InChI=1S/C14H16N2O3S/c1-9-2-3-10-7-13(16-12(10)6-9)14(17)15-11-4-5-20(18,19)8-11/h2-3,6-7,11,16H,4-5,8H2,1H3,(H,15,17)/t11-/m0/s1. The van der Waals surface area contributed by atoms with E-state index in [1.165, 1.54) is 0 Å². The van der Waals surface area contributed by atoms with Crippen LogP contribution in [0.25, 0.3) is 10.9 Å². The van der Waals surface area contributed by atoms with E-state index in [2.05, 4.69) is 10.3 Å². The van der Waals surface area contributed by atoms with Gasteiger partial charge in [0, 0.05) is 16.9 Å². The minimum absolute atomic E-state index is 0.0398. The number of aromatic amines is 1. The van der Waals surface area contributed by atoms with E-state index < -0.39 is 9.84 Å². The average molecular weight is 292 g/mol. The molecule has 1 aliphatic rings. The van der Waals surface area contributed by atoms with Gasteiger partial charge in [-0.05, 0) is 31.0 Å². The lowest BCUT2D eigenvalue weighted by Crippen LogP contribution is -2.35. The van der Waals surface area contributed by atoms with E-state index in [0.717, 1.165) is 16.5 Å². The van der Waals surface area contributed by atoms with Crippen molar-refractivity contribution in [1.82, 2.24) is 10.3 Å². The maximum absolute atomic E-state index is 12.1. The summed E-state index contributed by atoms with van der Waals surface area (Å²) >= 11 is 0. The van der Waals surface area contributed by atoms with Gasteiger partial charge in [-0.3, -0.25) is 4.79 Å². The predicted octanol–water partition coefficient (Wildman–Crippen LogP) is 1.39. The number of fused-ring (bicyclic) bond motifs is 1. The highest BCUT2D eigenvalue weighted by molar-refractivity contribution is 7.91. The molecule has 1 atom stereocenters. The lowest BCUT2D eigenvalue weighted by atomic mass is 10.2. The Bertz CT molecular complexity index is 777. The first-order chi connectivity index (χ1) is 9.43. The Balaban J connectivity index is 1.79. The van der Waals surface area contributed by atoms with Crippen molar-refractivity contribution in [2.45, 2.75) is 19.4 Å². The molecule has 1 saturated heterocycles. The fourth-order valence-corrected chi connectivity index (χ4v) is 4.21. The molecule has 0 radical (unpaired) electrons. The number of nitrogens with one attached hydrogen (secondary N) is 2. The summed E-state index contributed by atoms with van der Waals surface area (Å²) in [5.74, 6) is -0.0528. The van der Waals surface area contributed by atoms with Crippen molar-refractivity contribution >= 4 is 26.6 Å². The molecule has 1 aromatic carbocycles. The van der Waals surface area contributed by atoms with E-state index in [4.69, 9.17) is 0 Å². The molecular weight excluding hydrogens is 276 g/mol. The number of hydrogen-bond acceptors (Lipinski definition) is 3. The first-order valence-corrected chi connectivity index (χ1v) is 8.36. The van der Waals surface area contributed by atoms with Crippen molar-refractivity contribution < 1.29 is 13.2 Å². The Kier molecular flexibility index (Phi) is 3.05. The maximum atomic E-state index is 12.1. The zero-order valence-electron chi connectivity index (χ0n) is 11.1. The number of aromatic nitrogens is 1. The van der Waals surface area contributed by atoms with Crippen LogP contribution in [0.4, 0.5) is 0 Å². The van der Waals surface area contributed by atoms with Crippen LogP contribution in [-0.2, 0) is 9.84 Å². The van der Waals surface area contributed by atoms with E-state index in [1.807, 2.05) is 25.1 Å². The molecule has 1 aliphatic heterocycles. The Morgan fingerprint density at radius 3 is 2.85 bits per heavy atom. The van der Waals surface area contributed by atoms with Crippen LogP contribution in [-0.4, -0.2) is 36.9 Å². The normalized spacial score (nSPS) is 21.1. The van der Waals surface area contributed by atoms with Gasteiger partial charge in [0.2, 0.25) is 0 Å². The van der Waals surface area contributed by atoms with Crippen LogP contribution in [0.5, 0.6) is 0 Å². The lowest BCUT2D eigenvalue weighted by molar-refractivity contribution is 0.0937. The second kappa shape index (κ2) is 4.63. The van der Waals surface area contributed by atoms with Crippen molar-refractivity contribution in [2.75, 3.05) is 11.5 Å². The average Bonchev–Trinajstić information content (AvgIpc) is 2.92. The molecule has 0 unspecified atom stereocenters. The van der Waals surface area contributed by atoms with Gasteiger partial charge in [0.05, 0.1) is 11.5 Å². The summed E-state index contributed by atoms with van der Waals surface area (Å²) in [6.07, 6.45) is 0.493. The summed E-state index contributed by atoms with van der Waals surface area (Å²) < 4.78 is 22.8. The molecule has 1 amide bonds. The third-order valence-corrected chi connectivity index (χ3v) is 5.36. The van der Waals surface area contributed by atoms with Gasteiger partial charge in [0.25, 0.3) is 5.91 Å². The molecule has 6 heteroatoms.